The largest absolute Gasteiger partial charge is 0.311 e. The van der Waals surface area contributed by atoms with E-state index in [4.69, 9.17) is 0 Å². The van der Waals surface area contributed by atoms with Crippen molar-refractivity contribution in [2.75, 3.05) is 11.5 Å². The second-order valence-electron chi connectivity index (χ2n) is 5.83. The van der Waals surface area contributed by atoms with Crippen LogP contribution < -0.4 is 5.32 Å². The van der Waals surface area contributed by atoms with Crippen molar-refractivity contribution in [2.45, 2.75) is 70.4 Å². The van der Waals surface area contributed by atoms with Gasteiger partial charge in [-0.15, -0.1) is 0 Å². The first-order valence-electron chi connectivity index (χ1n) is 7.37. The van der Waals surface area contributed by atoms with Crippen molar-refractivity contribution >= 4 is 10.8 Å². The molecular formula is C14H27NOS. The van der Waals surface area contributed by atoms with E-state index < -0.39 is 10.8 Å². The smallest absolute Gasteiger partial charge is 0.0249 e. The van der Waals surface area contributed by atoms with Gasteiger partial charge in [-0.05, 0) is 38.5 Å². The molecule has 1 heterocycles. The van der Waals surface area contributed by atoms with E-state index in [-0.39, 0.29) is 0 Å². The summed E-state index contributed by atoms with van der Waals surface area (Å²) in [5, 5.41) is 3.80. The maximum atomic E-state index is 11.3. The van der Waals surface area contributed by atoms with Crippen LogP contribution in [0.3, 0.4) is 0 Å². The normalized spacial score (nSPS) is 34.2. The van der Waals surface area contributed by atoms with Crippen LogP contribution in [-0.2, 0) is 10.8 Å². The van der Waals surface area contributed by atoms with Gasteiger partial charge in [-0.25, -0.2) is 0 Å². The summed E-state index contributed by atoms with van der Waals surface area (Å²) in [4.78, 5) is 0. The van der Waals surface area contributed by atoms with Gasteiger partial charge in [-0.2, -0.15) is 0 Å². The molecule has 2 fully saturated rings. The zero-order valence-corrected chi connectivity index (χ0v) is 11.9. The Hall–Kier alpha value is 0.110. The molecule has 0 aromatic rings. The van der Waals surface area contributed by atoms with E-state index in [0.717, 1.165) is 30.3 Å². The quantitative estimate of drug-likeness (QED) is 0.788. The summed E-state index contributed by atoms with van der Waals surface area (Å²) in [6.45, 7) is 2.36. The van der Waals surface area contributed by atoms with Crippen LogP contribution in [0.2, 0.25) is 0 Å². The summed E-state index contributed by atoms with van der Waals surface area (Å²) in [5.74, 6) is 2.70. The maximum absolute atomic E-state index is 11.3. The van der Waals surface area contributed by atoms with Crippen LogP contribution in [-0.4, -0.2) is 27.8 Å². The van der Waals surface area contributed by atoms with E-state index in [1.807, 2.05) is 0 Å². The molecule has 0 amide bonds. The zero-order chi connectivity index (χ0) is 12.1. The van der Waals surface area contributed by atoms with Crippen molar-refractivity contribution < 1.29 is 4.21 Å². The van der Waals surface area contributed by atoms with Crippen LogP contribution in [0.25, 0.3) is 0 Å². The third-order valence-corrected chi connectivity index (χ3v) is 5.88. The molecule has 2 nitrogen and oxygen atoms in total. The fraction of sp³-hybridized carbons (Fsp3) is 1.00. The second-order valence-corrected chi connectivity index (χ2v) is 7.53. The molecule has 1 aliphatic heterocycles. The third-order valence-electron chi connectivity index (χ3n) is 4.49. The summed E-state index contributed by atoms with van der Waals surface area (Å²) in [6.07, 6.45) is 10.8. The summed E-state index contributed by atoms with van der Waals surface area (Å²) >= 11 is 0. The molecule has 0 spiro atoms. The van der Waals surface area contributed by atoms with Gasteiger partial charge in [0.05, 0.1) is 0 Å². The molecule has 0 unspecified atom stereocenters. The van der Waals surface area contributed by atoms with Crippen molar-refractivity contribution in [3.8, 4) is 0 Å². The Morgan fingerprint density at radius 2 is 1.59 bits per heavy atom. The molecule has 2 aliphatic rings. The van der Waals surface area contributed by atoms with Gasteiger partial charge < -0.3 is 5.32 Å². The first kappa shape index (κ1) is 13.5. The SMILES string of the molecule is C[C@H](NC1CCS(=O)CC1)C1CCCCCC1. The second kappa shape index (κ2) is 6.89. The Balaban J connectivity index is 1.75. The molecule has 3 heteroatoms. The van der Waals surface area contributed by atoms with Crippen LogP contribution in [0.4, 0.5) is 0 Å². The van der Waals surface area contributed by atoms with Gasteiger partial charge in [0, 0.05) is 34.4 Å². The molecule has 17 heavy (non-hydrogen) atoms. The van der Waals surface area contributed by atoms with E-state index in [0.29, 0.717) is 12.1 Å². The molecule has 1 atom stereocenters. The van der Waals surface area contributed by atoms with E-state index in [1.165, 1.54) is 38.5 Å². The monoisotopic (exact) mass is 257 g/mol. The van der Waals surface area contributed by atoms with Crippen LogP contribution in [0.5, 0.6) is 0 Å². The Kier molecular flexibility index (Phi) is 5.49. The Morgan fingerprint density at radius 1 is 1.00 bits per heavy atom. The van der Waals surface area contributed by atoms with Crippen LogP contribution in [0.15, 0.2) is 0 Å². The molecular weight excluding hydrogens is 230 g/mol. The minimum atomic E-state index is -0.523. The van der Waals surface area contributed by atoms with Crippen molar-refractivity contribution in [2.24, 2.45) is 5.92 Å². The lowest BCUT2D eigenvalue weighted by molar-refractivity contribution is 0.300. The fourth-order valence-corrected chi connectivity index (χ4v) is 4.58. The van der Waals surface area contributed by atoms with Gasteiger partial charge in [0.15, 0.2) is 0 Å². The molecule has 1 aliphatic carbocycles. The molecule has 1 N–H and O–H groups in total. The number of rotatable bonds is 3. The highest BCUT2D eigenvalue weighted by Gasteiger charge is 2.23. The van der Waals surface area contributed by atoms with E-state index in [2.05, 4.69) is 12.2 Å². The van der Waals surface area contributed by atoms with Crippen molar-refractivity contribution in [1.29, 1.82) is 0 Å². The summed E-state index contributed by atoms with van der Waals surface area (Å²) in [7, 11) is -0.523. The molecule has 2 rings (SSSR count). The third kappa shape index (κ3) is 4.36. The predicted molar refractivity (Wildman–Crippen MR) is 74.7 cm³/mol. The number of hydrogen-bond donors (Lipinski definition) is 1. The zero-order valence-electron chi connectivity index (χ0n) is 11.1. The van der Waals surface area contributed by atoms with Crippen molar-refractivity contribution in [1.82, 2.24) is 5.32 Å². The lowest BCUT2D eigenvalue weighted by atomic mass is 9.92. The van der Waals surface area contributed by atoms with Crippen molar-refractivity contribution in [3.63, 3.8) is 0 Å². The van der Waals surface area contributed by atoms with E-state index in [9.17, 15) is 4.21 Å². The average Bonchev–Trinajstić information content (AvgIpc) is 2.61. The van der Waals surface area contributed by atoms with Crippen LogP contribution in [0, 0.1) is 5.92 Å². The highest BCUT2D eigenvalue weighted by Crippen LogP contribution is 2.26. The Bertz CT molecular complexity index is 239. The standard InChI is InChI=1S/C14H27NOS/c1-12(13-6-4-2-3-5-7-13)15-14-8-10-17(16)11-9-14/h12-15H,2-11H2,1H3/t12-,14?,17?/m0/s1. The number of hydrogen-bond acceptors (Lipinski definition) is 2. The molecule has 0 radical (unpaired) electrons. The predicted octanol–water partition coefficient (Wildman–Crippen LogP) is 2.85. The van der Waals surface area contributed by atoms with Gasteiger partial charge in [0.2, 0.25) is 0 Å². The van der Waals surface area contributed by atoms with Crippen molar-refractivity contribution in [3.05, 3.63) is 0 Å². The van der Waals surface area contributed by atoms with E-state index in [1.54, 1.807) is 0 Å². The van der Waals surface area contributed by atoms with Gasteiger partial charge in [0.1, 0.15) is 0 Å². The minimum Gasteiger partial charge on any atom is -0.311 e. The van der Waals surface area contributed by atoms with Gasteiger partial charge in [0.25, 0.3) is 0 Å². The lowest BCUT2D eigenvalue weighted by Crippen LogP contribution is -2.44. The lowest BCUT2D eigenvalue weighted by Gasteiger charge is -2.30. The molecule has 100 valence electrons. The van der Waals surface area contributed by atoms with Gasteiger partial charge in [-0.1, -0.05) is 25.7 Å². The molecule has 0 aromatic heterocycles. The van der Waals surface area contributed by atoms with Gasteiger partial charge in [-0.3, -0.25) is 4.21 Å². The highest BCUT2D eigenvalue weighted by molar-refractivity contribution is 7.85. The molecule has 0 aromatic carbocycles. The highest BCUT2D eigenvalue weighted by atomic mass is 32.2. The van der Waals surface area contributed by atoms with Crippen LogP contribution >= 0.6 is 0 Å². The molecule has 1 saturated heterocycles. The van der Waals surface area contributed by atoms with Crippen LogP contribution in [0.1, 0.15) is 58.3 Å². The fourth-order valence-electron chi connectivity index (χ4n) is 3.28. The van der Waals surface area contributed by atoms with E-state index >= 15 is 0 Å². The first-order chi connectivity index (χ1) is 8.25. The summed E-state index contributed by atoms with van der Waals surface area (Å²) < 4.78 is 11.3. The maximum Gasteiger partial charge on any atom is 0.0249 e. The summed E-state index contributed by atoms with van der Waals surface area (Å²) in [6, 6.07) is 1.29. The molecule has 0 bridgehead atoms. The minimum absolute atomic E-state index is 0.523. The molecule has 1 saturated carbocycles. The first-order valence-corrected chi connectivity index (χ1v) is 8.85. The Labute approximate surface area is 108 Å². The summed E-state index contributed by atoms with van der Waals surface area (Å²) in [5.41, 5.74) is 0. The average molecular weight is 257 g/mol. The topological polar surface area (TPSA) is 29.1 Å². The van der Waals surface area contributed by atoms with Gasteiger partial charge >= 0.3 is 0 Å². The Morgan fingerprint density at radius 3 is 2.18 bits per heavy atom. The number of nitrogens with one attached hydrogen (secondary N) is 1.